The molecule has 0 amide bonds. The average molecular weight is 438 g/mol. The molecule has 0 bridgehead atoms. The van der Waals surface area contributed by atoms with Gasteiger partial charge in [0.1, 0.15) is 21.2 Å². The Kier molecular flexibility index (Phi) is 4.95. The molecule has 0 aliphatic carbocycles. The predicted octanol–water partition coefficient (Wildman–Crippen LogP) is 2.98. The van der Waals surface area contributed by atoms with Crippen LogP contribution in [0.5, 0.6) is 5.75 Å². The van der Waals surface area contributed by atoms with Gasteiger partial charge in [-0.3, -0.25) is 9.11 Å². The maximum atomic E-state index is 12.0. The second kappa shape index (κ2) is 6.88. The molecule has 0 saturated heterocycles. The summed E-state index contributed by atoms with van der Waals surface area (Å²) in [6, 6.07) is 8.38. The Balaban J connectivity index is 2.40. The van der Waals surface area contributed by atoms with Crippen molar-refractivity contribution in [3.05, 3.63) is 47.5 Å². The van der Waals surface area contributed by atoms with Crippen LogP contribution >= 0.6 is 0 Å². The first-order valence-electron chi connectivity index (χ1n) is 8.18. The van der Waals surface area contributed by atoms with E-state index in [4.69, 9.17) is 5.73 Å². The molecule has 3 aromatic rings. The van der Waals surface area contributed by atoms with Gasteiger partial charge in [0.2, 0.25) is 0 Å². The molecule has 6 N–H and O–H groups in total. The number of nitrogens with two attached hydrogens (primary N) is 1. The number of aryl methyl sites for hydroxylation is 2. The first kappa shape index (κ1) is 20.9. The highest BCUT2D eigenvalue weighted by molar-refractivity contribution is 7.86. The topological polar surface area (TPSA) is 167 Å². The van der Waals surface area contributed by atoms with Gasteiger partial charge in [-0.15, -0.1) is 0 Å². The van der Waals surface area contributed by atoms with Crippen LogP contribution in [0.4, 0.5) is 17.1 Å². The molecule has 29 heavy (non-hydrogen) atoms. The number of nitrogen functional groups attached to an aromatic ring is 1. The Morgan fingerprint density at radius 1 is 0.862 bits per heavy atom. The van der Waals surface area contributed by atoms with Gasteiger partial charge in [0.05, 0.1) is 5.69 Å². The number of nitrogens with one attached hydrogen (secondary N) is 1. The monoisotopic (exact) mass is 438 g/mol. The van der Waals surface area contributed by atoms with Crippen LogP contribution in [0.2, 0.25) is 0 Å². The largest absolute Gasteiger partial charge is 0.505 e. The van der Waals surface area contributed by atoms with E-state index in [9.17, 15) is 31.0 Å². The first-order valence-corrected chi connectivity index (χ1v) is 11.1. The summed E-state index contributed by atoms with van der Waals surface area (Å²) in [5.41, 5.74) is 7.23. The molecule has 3 rings (SSSR count). The summed E-state index contributed by atoms with van der Waals surface area (Å²) >= 11 is 0. The highest BCUT2D eigenvalue weighted by atomic mass is 32.2. The molecular weight excluding hydrogens is 420 g/mol. The third kappa shape index (κ3) is 3.85. The fourth-order valence-corrected chi connectivity index (χ4v) is 4.48. The van der Waals surface area contributed by atoms with Crippen LogP contribution in [0.3, 0.4) is 0 Å². The van der Waals surface area contributed by atoms with Crippen LogP contribution in [0.1, 0.15) is 11.1 Å². The number of aromatic hydroxyl groups is 1. The second-order valence-corrected chi connectivity index (χ2v) is 9.30. The van der Waals surface area contributed by atoms with E-state index in [0.29, 0.717) is 5.69 Å². The summed E-state index contributed by atoms with van der Waals surface area (Å²) in [7, 11) is -9.75. The smallest absolute Gasteiger partial charge is 0.297 e. The molecule has 154 valence electrons. The number of hydrogen-bond donors (Lipinski definition) is 5. The quantitative estimate of drug-likeness (QED) is 0.234. The third-order valence-electron chi connectivity index (χ3n) is 4.55. The Morgan fingerprint density at radius 3 is 2.07 bits per heavy atom. The minimum atomic E-state index is -4.90. The van der Waals surface area contributed by atoms with Crippen LogP contribution in [0, 0.1) is 13.8 Å². The second-order valence-electron chi connectivity index (χ2n) is 6.55. The van der Waals surface area contributed by atoms with Gasteiger partial charge in [0, 0.05) is 16.5 Å². The molecular formula is C18H18N2O7S2. The van der Waals surface area contributed by atoms with Crippen LogP contribution < -0.4 is 11.1 Å². The number of benzene rings is 3. The lowest BCUT2D eigenvalue weighted by molar-refractivity contribution is 0.472. The van der Waals surface area contributed by atoms with Gasteiger partial charge < -0.3 is 16.2 Å². The average Bonchev–Trinajstić information content (AvgIpc) is 2.58. The zero-order chi connectivity index (χ0) is 21.7. The van der Waals surface area contributed by atoms with E-state index in [1.807, 2.05) is 13.8 Å². The SMILES string of the molecule is Cc1ccc(Nc2c(S(=O)(=O)O)cc3c(S(=O)(=O)O)c(N)ccc3c2O)cc1C. The van der Waals surface area contributed by atoms with Crippen molar-refractivity contribution in [2.75, 3.05) is 11.1 Å². The molecule has 0 aromatic heterocycles. The van der Waals surface area contributed by atoms with Gasteiger partial charge in [-0.1, -0.05) is 6.07 Å². The van der Waals surface area contributed by atoms with E-state index in [2.05, 4.69) is 5.32 Å². The Labute approximate surface area is 167 Å². The molecule has 0 aliphatic heterocycles. The highest BCUT2D eigenvalue weighted by Gasteiger charge is 2.26. The molecule has 0 fully saturated rings. The standard InChI is InChI=1S/C18H18N2O7S2/c1-9-3-4-11(7-10(9)2)20-16-15(28(22,23)24)8-13-12(17(16)21)5-6-14(19)18(13)29(25,26)27/h3-8,20-21H,19H2,1-2H3,(H,22,23,24)(H,25,26,27). The number of fused-ring (bicyclic) bond motifs is 1. The lowest BCUT2D eigenvalue weighted by Gasteiger charge is -2.17. The molecule has 0 radical (unpaired) electrons. The predicted molar refractivity (Wildman–Crippen MR) is 109 cm³/mol. The first-order chi connectivity index (χ1) is 13.3. The Morgan fingerprint density at radius 2 is 1.52 bits per heavy atom. The number of phenols is 1. The molecule has 0 saturated carbocycles. The van der Waals surface area contributed by atoms with E-state index >= 15 is 0 Å². The molecule has 0 heterocycles. The van der Waals surface area contributed by atoms with Crippen LogP contribution in [0.15, 0.2) is 46.2 Å². The summed E-state index contributed by atoms with van der Waals surface area (Å²) in [5.74, 6) is -0.641. The lowest BCUT2D eigenvalue weighted by Crippen LogP contribution is -2.08. The van der Waals surface area contributed by atoms with Crippen molar-refractivity contribution in [3.63, 3.8) is 0 Å². The summed E-state index contributed by atoms with van der Waals surface area (Å²) in [4.78, 5) is -1.55. The van der Waals surface area contributed by atoms with E-state index in [1.54, 1.807) is 18.2 Å². The van der Waals surface area contributed by atoms with Gasteiger partial charge in [-0.25, -0.2) is 0 Å². The van der Waals surface area contributed by atoms with E-state index in [0.717, 1.165) is 23.3 Å². The van der Waals surface area contributed by atoms with Crippen LogP contribution in [-0.2, 0) is 20.2 Å². The van der Waals surface area contributed by atoms with Crippen molar-refractivity contribution < 1.29 is 31.0 Å². The van der Waals surface area contributed by atoms with Crippen molar-refractivity contribution >= 4 is 48.1 Å². The van der Waals surface area contributed by atoms with Crippen LogP contribution in [0.25, 0.3) is 10.8 Å². The van der Waals surface area contributed by atoms with Crippen molar-refractivity contribution in [2.24, 2.45) is 0 Å². The maximum Gasteiger partial charge on any atom is 0.297 e. The number of phenolic OH excluding ortho intramolecular Hbond substituents is 1. The van der Waals surface area contributed by atoms with E-state index < -0.39 is 35.8 Å². The van der Waals surface area contributed by atoms with Crippen LogP contribution in [-0.4, -0.2) is 31.0 Å². The highest BCUT2D eigenvalue weighted by Crippen LogP contribution is 2.43. The summed E-state index contributed by atoms with van der Waals surface area (Å²) < 4.78 is 66.6. The minimum absolute atomic E-state index is 0.0921. The van der Waals surface area contributed by atoms with Gasteiger partial charge in [-0.2, -0.15) is 16.8 Å². The Hall–Kier alpha value is -2.86. The van der Waals surface area contributed by atoms with E-state index in [-0.39, 0.29) is 22.1 Å². The number of rotatable bonds is 4. The fraction of sp³-hybridized carbons (Fsp3) is 0.111. The van der Waals surface area contributed by atoms with Crippen molar-refractivity contribution in [1.29, 1.82) is 0 Å². The zero-order valence-electron chi connectivity index (χ0n) is 15.3. The van der Waals surface area contributed by atoms with Gasteiger partial charge in [-0.05, 0) is 55.3 Å². The van der Waals surface area contributed by atoms with Crippen molar-refractivity contribution in [3.8, 4) is 5.75 Å². The molecule has 11 heteroatoms. The molecule has 3 aromatic carbocycles. The molecule has 0 spiro atoms. The van der Waals surface area contributed by atoms with Gasteiger partial charge >= 0.3 is 0 Å². The summed E-state index contributed by atoms with van der Waals surface area (Å²) in [6.45, 7) is 3.73. The lowest BCUT2D eigenvalue weighted by atomic mass is 10.1. The summed E-state index contributed by atoms with van der Waals surface area (Å²) in [6.07, 6.45) is 0. The maximum absolute atomic E-state index is 12.0. The molecule has 9 nitrogen and oxygen atoms in total. The minimum Gasteiger partial charge on any atom is -0.505 e. The summed E-state index contributed by atoms with van der Waals surface area (Å²) in [5, 5.41) is 13.0. The molecule has 0 atom stereocenters. The van der Waals surface area contributed by atoms with Crippen molar-refractivity contribution in [1.82, 2.24) is 0 Å². The normalized spacial score (nSPS) is 12.3. The fourth-order valence-electron chi connectivity index (χ4n) is 3.00. The number of hydrogen-bond acceptors (Lipinski definition) is 7. The van der Waals surface area contributed by atoms with E-state index in [1.165, 1.54) is 6.07 Å². The third-order valence-corrected chi connectivity index (χ3v) is 6.40. The van der Waals surface area contributed by atoms with Crippen molar-refractivity contribution in [2.45, 2.75) is 23.6 Å². The molecule has 0 aliphatic rings. The molecule has 0 unspecified atom stereocenters. The van der Waals surface area contributed by atoms with Gasteiger partial charge in [0.25, 0.3) is 20.2 Å². The Bertz CT molecular complexity index is 1360. The van der Waals surface area contributed by atoms with Gasteiger partial charge in [0.15, 0.2) is 0 Å². The zero-order valence-corrected chi connectivity index (χ0v) is 17.0. The number of anilines is 3.